The fourth-order valence-electron chi connectivity index (χ4n) is 3.40. The van der Waals surface area contributed by atoms with Gasteiger partial charge in [0.2, 0.25) is 5.91 Å². The molecule has 2 aromatic rings. The highest BCUT2D eigenvalue weighted by atomic mass is 35.5. The number of hydrogen-bond acceptors (Lipinski definition) is 5. The molecule has 1 N–H and O–H groups in total. The third-order valence-corrected chi connectivity index (χ3v) is 6.72. The van der Waals surface area contributed by atoms with E-state index in [1.807, 2.05) is 29.2 Å². The number of carbonyl (C=O) groups is 2. The third-order valence-electron chi connectivity index (χ3n) is 5.28. The maximum atomic E-state index is 12.7. The standard InChI is InChI=1S/C22H26ClN3O4S/c1-3-16-4-6-17(7-5-16)22(28)26-12-10-25(11-13-26)15-21(27)24-20-14-18(31(2,29)30)8-9-19(20)23/h4-9,14H,3,10-13,15H2,1-2H3,(H,24,27). The van der Waals surface area contributed by atoms with Crippen molar-refractivity contribution in [2.24, 2.45) is 0 Å². The minimum absolute atomic E-state index is 0.00359. The van der Waals surface area contributed by atoms with Crippen LogP contribution in [0.2, 0.25) is 5.02 Å². The molecular weight excluding hydrogens is 438 g/mol. The zero-order chi connectivity index (χ0) is 22.6. The second-order valence-corrected chi connectivity index (χ2v) is 10.0. The molecular formula is C22H26ClN3O4S. The average Bonchev–Trinajstić information content (AvgIpc) is 2.74. The summed E-state index contributed by atoms with van der Waals surface area (Å²) in [7, 11) is -3.40. The molecule has 166 valence electrons. The van der Waals surface area contributed by atoms with Crippen molar-refractivity contribution in [3.63, 3.8) is 0 Å². The first-order valence-corrected chi connectivity index (χ1v) is 12.3. The number of anilines is 1. The van der Waals surface area contributed by atoms with Crippen LogP contribution in [0.5, 0.6) is 0 Å². The van der Waals surface area contributed by atoms with Crippen molar-refractivity contribution in [1.82, 2.24) is 9.80 Å². The molecule has 0 radical (unpaired) electrons. The van der Waals surface area contributed by atoms with E-state index >= 15 is 0 Å². The van der Waals surface area contributed by atoms with Crippen LogP contribution in [0.15, 0.2) is 47.4 Å². The number of amides is 2. The highest BCUT2D eigenvalue weighted by Crippen LogP contribution is 2.25. The van der Waals surface area contributed by atoms with Crippen LogP contribution >= 0.6 is 11.6 Å². The molecule has 0 saturated carbocycles. The van der Waals surface area contributed by atoms with E-state index in [0.717, 1.165) is 12.7 Å². The molecule has 3 rings (SSSR count). The topological polar surface area (TPSA) is 86.8 Å². The average molecular weight is 464 g/mol. The number of halogens is 1. The Morgan fingerprint density at radius 1 is 1.03 bits per heavy atom. The lowest BCUT2D eigenvalue weighted by Crippen LogP contribution is -2.50. The van der Waals surface area contributed by atoms with E-state index in [4.69, 9.17) is 11.6 Å². The van der Waals surface area contributed by atoms with Gasteiger partial charge < -0.3 is 10.2 Å². The molecule has 2 aromatic carbocycles. The van der Waals surface area contributed by atoms with Gasteiger partial charge in [0.25, 0.3) is 5.91 Å². The highest BCUT2D eigenvalue weighted by Gasteiger charge is 2.23. The molecule has 0 spiro atoms. The fraction of sp³-hybridized carbons (Fsp3) is 0.364. The normalized spacial score (nSPS) is 15.0. The lowest BCUT2D eigenvalue weighted by molar-refractivity contribution is -0.117. The second-order valence-electron chi connectivity index (χ2n) is 7.58. The third kappa shape index (κ3) is 6.06. The van der Waals surface area contributed by atoms with Crippen LogP contribution in [-0.4, -0.2) is 69.0 Å². The molecule has 1 aliphatic heterocycles. The summed E-state index contributed by atoms with van der Waals surface area (Å²) < 4.78 is 23.4. The quantitative estimate of drug-likeness (QED) is 0.711. The summed E-state index contributed by atoms with van der Waals surface area (Å²) in [4.78, 5) is 29.0. The first-order chi connectivity index (χ1) is 14.7. The van der Waals surface area contributed by atoms with Gasteiger partial charge in [0, 0.05) is 38.0 Å². The van der Waals surface area contributed by atoms with Crippen molar-refractivity contribution in [2.45, 2.75) is 18.2 Å². The fourth-order valence-corrected chi connectivity index (χ4v) is 4.21. The molecule has 1 saturated heterocycles. The molecule has 1 aliphatic rings. The number of nitrogens with one attached hydrogen (secondary N) is 1. The van der Waals surface area contributed by atoms with Crippen molar-refractivity contribution >= 4 is 38.9 Å². The van der Waals surface area contributed by atoms with Crippen LogP contribution in [0, 0.1) is 0 Å². The summed E-state index contributed by atoms with van der Waals surface area (Å²) in [5.41, 5.74) is 2.12. The smallest absolute Gasteiger partial charge is 0.253 e. The second kappa shape index (κ2) is 9.80. The SMILES string of the molecule is CCc1ccc(C(=O)N2CCN(CC(=O)Nc3cc(S(C)(=O)=O)ccc3Cl)CC2)cc1. The molecule has 0 bridgehead atoms. The lowest BCUT2D eigenvalue weighted by Gasteiger charge is -2.34. The minimum atomic E-state index is -3.40. The monoisotopic (exact) mass is 463 g/mol. The number of rotatable bonds is 6. The Kier molecular flexibility index (Phi) is 7.35. The zero-order valence-electron chi connectivity index (χ0n) is 17.6. The summed E-state index contributed by atoms with van der Waals surface area (Å²) >= 11 is 6.10. The van der Waals surface area contributed by atoms with E-state index in [9.17, 15) is 18.0 Å². The van der Waals surface area contributed by atoms with Crippen LogP contribution in [-0.2, 0) is 21.1 Å². The number of carbonyl (C=O) groups excluding carboxylic acids is 2. The van der Waals surface area contributed by atoms with E-state index in [1.165, 1.54) is 23.8 Å². The summed E-state index contributed by atoms with van der Waals surface area (Å²) in [5, 5.41) is 2.95. The van der Waals surface area contributed by atoms with Crippen LogP contribution in [0.3, 0.4) is 0 Å². The van der Waals surface area contributed by atoms with Gasteiger partial charge in [-0.15, -0.1) is 0 Å². The van der Waals surface area contributed by atoms with Gasteiger partial charge >= 0.3 is 0 Å². The van der Waals surface area contributed by atoms with Gasteiger partial charge in [-0.05, 0) is 42.3 Å². The molecule has 9 heteroatoms. The van der Waals surface area contributed by atoms with Gasteiger partial charge in [-0.1, -0.05) is 30.7 Å². The summed E-state index contributed by atoms with van der Waals surface area (Å²) in [6, 6.07) is 11.9. The van der Waals surface area contributed by atoms with Gasteiger partial charge in [0.05, 0.1) is 22.2 Å². The van der Waals surface area contributed by atoms with Crippen LogP contribution in [0.25, 0.3) is 0 Å². The van der Waals surface area contributed by atoms with Crippen molar-refractivity contribution in [2.75, 3.05) is 44.3 Å². The van der Waals surface area contributed by atoms with E-state index < -0.39 is 9.84 Å². The minimum Gasteiger partial charge on any atom is -0.336 e. The Labute approximate surface area is 187 Å². The van der Waals surface area contributed by atoms with Crippen molar-refractivity contribution < 1.29 is 18.0 Å². The summed E-state index contributed by atoms with van der Waals surface area (Å²) in [5.74, 6) is -0.293. The van der Waals surface area contributed by atoms with Crippen LogP contribution in [0.1, 0.15) is 22.8 Å². The van der Waals surface area contributed by atoms with Gasteiger partial charge in [-0.2, -0.15) is 0 Å². The first kappa shape index (κ1) is 23.2. The Balaban J connectivity index is 1.54. The predicted octanol–water partition coefficient (Wildman–Crippen LogP) is 2.70. The van der Waals surface area contributed by atoms with Gasteiger partial charge in [0.15, 0.2) is 9.84 Å². The van der Waals surface area contributed by atoms with E-state index in [2.05, 4.69) is 12.2 Å². The molecule has 1 fully saturated rings. The van der Waals surface area contributed by atoms with Crippen molar-refractivity contribution in [1.29, 1.82) is 0 Å². The maximum Gasteiger partial charge on any atom is 0.253 e. The molecule has 0 unspecified atom stereocenters. The molecule has 2 amide bonds. The highest BCUT2D eigenvalue weighted by molar-refractivity contribution is 7.90. The molecule has 31 heavy (non-hydrogen) atoms. The van der Waals surface area contributed by atoms with E-state index in [0.29, 0.717) is 31.7 Å². The number of benzene rings is 2. The van der Waals surface area contributed by atoms with Crippen molar-refractivity contribution in [3.05, 3.63) is 58.6 Å². The molecule has 7 nitrogen and oxygen atoms in total. The number of piperazine rings is 1. The Morgan fingerprint density at radius 2 is 1.68 bits per heavy atom. The first-order valence-electron chi connectivity index (χ1n) is 10.1. The van der Waals surface area contributed by atoms with E-state index in [1.54, 1.807) is 4.90 Å². The molecule has 0 aliphatic carbocycles. The van der Waals surface area contributed by atoms with Gasteiger partial charge in [0.1, 0.15) is 0 Å². The number of nitrogens with zero attached hydrogens (tertiary/aromatic N) is 2. The predicted molar refractivity (Wildman–Crippen MR) is 121 cm³/mol. The molecule has 0 aromatic heterocycles. The van der Waals surface area contributed by atoms with Crippen LogP contribution < -0.4 is 5.32 Å². The Hall–Kier alpha value is -2.42. The summed E-state index contributed by atoms with van der Waals surface area (Å²) in [6.07, 6.45) is 2.03. The summed E-state index contributed by atoms with van der Waals surface area (Å²) in [6.45, 7) is 4.42. The molecule has 1 heterocycles. The zero-order valence-corrected chi connectivity index (χ0v) is 19.2. The Morgan fingerprint density at radius 3 is 2.26 bits per heavy atom. The van der Waals surface area contributed by atoms with Gasteiger partial charge in [-0.25, -0.2) is 8.42 Å². The van der Waals surface area contributed by atoms with Gasteiger partial charge in [-0.3, -0.25) is 14.5 Å². The molecule has 0 atom stereocenters. The number of sulfone groups is 1. The lowest BCUT2D eigenvalue weighted by atomic mass is 10.1. The van der Waals surface area contributed by atoms with Crippen molar-refractivity contribution in [3.8, 4) is 0 Å². The Bertz CT molecular complexity index is 1060. The van der Waals surface area contributed by atoms with Crippen LogP contribution in [0.4, 0.5) is 5.69 Å². The van der Waals surface area contributed by atoms with E-state index in [-0.39, 0.29) is 34.0 Å². The number of hydrogen-bond donors (Lipinski definition) is 1. The largest absolute Gasteiger partial charge is 0.336 e. The maximum absolute atomic E-state index is 12.7. The number of aryl methyl sites for hydroxylation is 1.